The van der Waals surface area contributed by atoms with Gasteiger partial charge in [-0.1, -0.05) is 23.2 Å². The fraction of sp³-hybridized carbons (Fsp3) is 0.294. The molecule has 1 fully saturated rings. The number of hydrogen-bond acceptors (Lipinski definition) is 3. The number of carbonyl (C=O) groups excluding carboxylic acids is 2. The van der Waals surface area contributed by atoms with Crippen LogP contribution in [0.5, 0.6) is 0 Å². The minimum atomic E-state index is -0.112. The van der Waals surface area contributed by atoms with E-state index in [1.165, 1.54) is 6.26 Å². The molecule has 2 N–H and O–H groups in total. The number of anilines is 1. The van der Waals surface area contributed by atoms with E-state index in [2.05, 4.69) is 5.32 Å². The van der Waals surface area contributed by atoms with Crippen molar-refractivity contribution >= 4 is 40.7 Å². The molecular formula is C17H18Cl2N3O3+. The van der Waals surface area contributed by atoms with E-state index < -0.39 is 0 Å². The van der Waals surface area contributed by atoms with Gasteiger partial charge in [0, 0.05) is 15.7 Å². The van der Waals surface area contributed by atoms with Gasteiger partial charge in [-0.3, -0.25) is 9.59 Å². The van der Waals surface area contributed by atoms with Crippen molar-refractivity contribution in [3.63, 3.8) is 0 Å². The fourth-order valence-corrected chi connectivity index (χ4v) is 3.34. The molecule has 0 saturated carbocycles. The number of nitrogens with zero attached hydrogens (tertiary/aromatic N) is 1. The molecule has 1 aromatic carbocycles. The smallest absolute Gasteiger partial charge is 0.289 e. The summed E-state index contributed by atoms with van der Waals surface area (Å²) in [4.78, 5) is 27.3. The predicted molar refractivity (Wildman–Crippen MR) is 95.3 cm³/mol. The molecule has 0 aliphatic carbocycles. The molecule has 1 aliphatic heterocycles. The third kappa shape index (κ3) is 4.75. The van der Waals surface area contributed by atoms with Crippen LogP contribution in [0.2, 0.25) is 10.0 Å². The molecule has 1 aliphatic rings. The molecular weight excluding hydrogens is 365 g/mol. The first-order valence-corrected chi connectivity index (χ1v) is 8.69. The molecule has 3 rings (SSSR count). The lowest BCUT2D eigenvalue weighted by atomic mass is 10.2. The predicted octanol–water partition coefficient (Wildman–Crippen LogP) is 1.57. The van der Waals surface area contributed by atoms with Crippen LogP contribution in [0.1, 0.15) is 10.6 Å². The van der Waals surface area contributed by atoms with E-state index in [0.717, 1.165) is 4.90 Å². The average Bonchev–Trinajstić information content (AvgIpc) is 3.08. The Labute approximate surface area is 155 Å². The Hall–Kier alpha value is -2.02. The van der Waals surface area contributed by atoms with Crippen LogP contribution in [0.15, 0.2) is 41.0 Å². The van der Waals surface area contributed by atoms with Crippen molar-refractivity contribution in [1.82, 2.24) is 4.90 Å². The van der Waals surface area contributed by atoms with Crippen molar-refractivity contribution in [3.8, 4) is 0 Å². The maximum atomic E-state index is 12.2. The second-order valence-corrected chi connectivity index (χ2v) is 6.78. The lowest BCUT2D eigenvalue weighted by molar-refractivity contribution is -0.895. The Morgan fingerprint density at radius 1 is 1.16 bits per heavy atom. The van der Waals surface area contributed by atoms with Gasteiger partial charge in [0.2, 0.25) is 0 Å². The minimum absolute atomic E-state index is 0.109. The van der Waals surface area contributed by atoms with Crippen molar-refractivity contribution in [2.75, 3.05) is 38.0 Å². The van der Waals surface area contributed by atoms with Crippen LogP contribution >= 0.6 is 23.2 Å². The van der Waals surface area contributed by atoms with E-state index in [4.69, 9.17) is 27.6 Å². The first-order chi connectivity index (χ1) is 12.0. The first-order valence-electron chi connectivity index (χ1n) is 7.93. The maximum absolute atomic E-state index is 12.2. The maximum Gasteiger partial charge on any atom is 0.289 e. The Morgan fingerprint density at radius 2 is 1.84 bits per heavy atom. The summed E-state index contributed by atoms with van der Waals surface area (Å²) in [6.45, 7) is 2.91. The summed E-state index contributed by atoms with van der Waals surface area (Å²) >= 11 is 11.9. The summed E-state index contributed by atoms with van der Waals surface area (Å²) in [5.74, 6) is 0.125. The standard InChI is InChI=1S/C17H17Cl2N3O3/c18-12-8-13(19)10-14(9-12)20-16(23)11-21-3-5-22(6-4-21)17(24)15-2-1-7-25-15/h1-2,7-10H,3-6,11H2,(H,20,23)/p+1. The minimum Gasteiger partial charge on any atom is -0.459 e. The normalized spacial score (nSPS) is 15.2. The van der Waals surface area contributed by atoms with Gasteiger partial charge in [0.1, 0.15) is 0 Å². The molecule has 2 amide bonds. The summed E-state index contributed by atoms with van der Waals surface area (Å²) in [6, 6.07) is 8.27. The van der Waals surface area contributed by atoms with Gasteiger partial charge in [0.05, 0.1) is 32.4 Å². The van der Waals surface area contributed by atoms with Gasteiger partial charge >= 0.3 is 0 Å². The van der Waals surface area contributed by atoms with Crippen molar-refractivity contribution < 1.29 is 18.9 Å². The van der Waals surface area contributed by atoms with E-state index in [9.17, 15) is 9.59 Å². The summed E-state index contributed by atoms with van der Waals surface area (Å²) in [6.07, 6.45) is 1.49. The number of furan rings is 1. The number of hydrogen-bond donors (Lipinski definition) is 2. The molecule has 1 saturated heterocycles. The van der Waals surface area contributed by atoms with Crippen LogP contribution in [0.4, 0.5) is 5.69 Å². The van der Waals surface area contributed by atoms with Crippen LogP contribution in [-0.2, 0) is 4.79 Å². The second-order valence-electron chi connectivity index (χ2n) is 5.90. The summed E-state index contributed by atoms with van der Waals surface area (Å²) < 4.78 is 5.14. The number of benzene rings is 1. The Bertz CT molecular complexity index is 736. The summed E-state index contributed by atoms with van der Waals surface area (Å²) in [5.41, 5.74) is 0.577. The highest BCUT2D eigenvalue weighted by Gasteiger charge is 2.27. The van der Waals surface area contributed by atoms with Crippen LogP contribution in [0.25, 0.3) is 0 Å². The number of piperazine rings is 1. The highest BCUT2D eigenvalue weighted by atomic mass is 35.5. The lowest BCUT2D eigenvalue weighted by Crippen LogP contribution is -3.15. The summed E-state index contributed by atoms with van der Waals surface area (Å²) in [5, 5.41) is 3.75. The van der Waals surface area contributed by atoms with E-state index >= 15 is 0 Å². The topological polar surface area (TPSA) is 67.0 Å². The molecule has 132 valence electrons. The van der Waals surface area contributed by atoms with Gasteiger partial charge < -0.3 is 19.5 Å². The zero-order valence-electron chi connectivity index (χ0n) is 13.4. The number of quaternary nitrogens is 1. The fourth-order valence-electron chi connectivity index (χ4n) is 2.82. The van der Waals surface area contributed by atoms with E-state index in [0.29, 0.717) is 54.2 Å². The molecule has 8 heteroatoms. The number of rotatable bonds is 4. The first kappa shape index (κ1) is 17.8. The average molecular weight is 383 g/mol. The number of carbonyl (C=O) groups is 2. The van der Waals surface area contributed by atoms with Crippen LogP contribution < -0.4 is 10.2 Å². The third-order valence-corrected chi connectivity index (χ3v) is 4.48. The van der Waals surface area contributed by atoms with Gasteiger partial charge in [0.15, 0.2) is 12.3 Å². The van der Waals surface area contributed by atoms with Crippen LogP contribution in [0.3, 0.4) is 0 Å². The largest absolute Gasteiger partial charge is 0.459 e. The van der Waals surface area contributed by atoms with E-state index in [1.54, 1.807) is 35.2 Å². The zero-order valence-corrected chi connectivity index (χ0v) is 14.9. The molecule has 0 spiro atoms. The number of amides is 2. The van der Waals surface area contributed by atoms with Crippen molar-refractivity contribution in [3.05, 3.63) is 52.4 Å². The highest BCUT2D eigenvalue weighted by Crippen LogP contribution is 2.22. The SMILES string of the molecule is O=C(C[NH+]1CCN(C(=O)c2ccco2)CC1)Nc1cc(Cl)cc(Cl)c1. The van der Waals surface area contributed by atoms with E-state index in [-0.39, 0.29) is 11.8 Å². The monoisotopic (exact) mass is 382 g/mol. The highest BCUT2D eigenvalue weighted by molar-refractivity contribution is 6.35. The molecule has 6 nitrogen and oxygen atoms in total. The molecule has 0 radical (unpaired) electrons. The summed E-state index contributed by atoms with van der Waals surface area (Å²) in [7, 11) is 0. The van der Waals surface area contributed by atoms with Crippen molar-refractivity contribution in [1.29, 1.82) is 0 Å². The van der Waals surface area contributed by atoms with Gasteiger partial charge in [0.25, 0.3) is 11.8 Å². The molecule has 0 atom stereocenters. The Balaban J connectivity index is 1.48. The van der Waals surface area contributed by atoms with Crippen molar-refractivity contribution in [2.24, 2.45) is 0 Å². The molecule has 2 heterocycles. The molecule has 2 aromatic rings. The second kappa shape index (κ2) is 7.91. The van der Waals surface area contributed by atoms with Crippen LogP contribution in [0, 0.1) is 0 Å². The van der Waals surface area contributed by atoms with Gasteiger partial charge in [-0.2, -0.15) is 0 Å². The molecule has 1 aromatic heterocycles. The molecule has 25 heavy (non-hydrogen) atoms. The van der Waals surface area contributed by atoms with Gasteiger partial charge in [-0.15, -0.1) is 0 Å². The van der Waals surface area contributed by atoms with Crippen LogP contribution in [-0.4, -0.2) is 49.4 Å². The number of halogens is 2. The quantitative estimate of drug-likeness (QED) is 0.843. The molecule has 0 unspecified atom stereocenters. The van der Waals surface area contributed by atoms with Gasteiger partial charge in [-0.05, 0) is 30.3 Å². The zero-order chi connectivity index (χ0) is 17.8. The Kier molecular flexibility index (Phi) is 5.63. The van der Waals surface area contributed by atoms with E-state index in [1.807, 2.05) is 0 Å². The third-order valence-electron chi connectivity index (χ3n) is 4.05. The number of nitrogens with one attached hydrogen (secondary N) is 2. The van der Waals surface area contributed by atoms with Gasteiger partial charge in [-0.25, -0.2) is 0 Å². The molecule has 0 bridgehead atoms. The van der Waals surface area contributed by atoms with Crippen molar-refractivity contribution in [2.45, 2.75) is 0 Å². The lowest BCUT2D eigenvalue weighted by Gasteiger charge is -2.31. The Morgan fingerprint density at radius 3 is 2.44 bits per heavy atom.